The standard InChI is InChI=1S/C36H48O9/c1-26-14-15-28(24-37)22-34(26)45-25-36(42)44-21-9-20-43-35(41)13-8-3-2-7-12-30-31(33(40)23-32(30)39)19-18-29(38)17-16-27-10-5-4-6-11-27/h2,4-7,10-11,14-15,22,24,29-33,38-40H,3,8-9,12-13,16-21,23,25H2,1H3/t29-,30+,31+,32-,33+/m0/s1. The fourth-order valence-electron chi connectivity index (χ4n) is 5.68. The lowest BCUT2D eigenvalue weighted by Gasteiger charge is -2.23. The van der Waals surface area contributed by atoms with E-state index in [0.29, 0.717) is 69.0 Å². The summed E-state index contributed by atoms with van der Waals surface area (Å²) >= 11 is 0. The van der Waals surface area contributed by atoms with Gasteiger partial charge >= 0.3 is 11.9 Å². The van der Waals surface area contributed by atoms with E-state index in [2.05, 4.69) is 12.1 Å². The van der Waals surface area contributed by atoms with E-state index in [1.54, 1.807) is 18.2 Å². The number of carbonyl (C=O) groups excluding carboxylic acids is 3. The first kappa shape index (κ1) is 35.9. The molecule has 0 bridgehead atoms. The number of carbonyl (C=O) groups is 3. The predicted octanol–water partition coefficient (Wildman–Crippen LogP) is 4.91. The van der Waals surface area contributed by atoms with E-state index in [9.17, 15) is 29.7 Å². The molecule has 1 aliphatic rings. The summed E-state index contributed by atoms with van der Waals surface area (Å²) in [5.41, 5.74) is 2.45. The van der Waals surface area contributed by atoms with Crippen molar-refractivity contribution in [3.8, 4) is 5.75 Å². The number of aldehydes is 1. The number of aliphatic hydroxyl groups excluding tert-OH is 3. The second-order valence-corrected chi connectivity index (χ2v) is 11.8. The van der Waals surface area contributed by atoms with Crippen LogP contribution in [0.3, 0.4) is 0 Å². The minimum atomic E-state index is -0.567. The number of benzene rings is 2. The number of aryl methyl sites for hydroxylation is 2. The first-order valence-electron chi connectivity index (χ1n) is 16.0. The molecule has 246 valence electrons. The molecule has 9 nitrogen and oxygen atoms in total. The zero-order valence-corrected chi connectivity index (χ0v) is 26.2. The molecule has 0 heterocycles. The Morgan fingerprint density at radius 2 is 1.67 bits per heavy atom. The first-order chi connectivity index (χ1) is 21.8. The Bertz CT molecular complexity index is 1210. The van der Waals surface area contributed by atoms with Crippen LogP contribution in [0.2, 0.25) is 0 Å². The molecule has 0 aliphatic heterocycles. The molecule has 0 spiro atoms. The molecule has 2 aromatic carbocycles. The highest BCUT2D eigenvalue weighted by molar-refractivity contribution is 5.76. The summed E-state index contributed by atoms with van der Waals surface area (Å²) in [4.78, 5) is 34.8. The van der Waals surface area contributed by atoms with Crippen LogP contribution < -0.4 is 4.74 Å². The first-order valence-corrected chi connectivity index (χ1v) is 16.0. The Morgan fingerprint density at radius 1 is 0.933 bits per heavy atom. The van der Waals surface area contributed by atoms with E-state index in [1.165, 1.54) is 5.56 Å². The molecular formula is C36H48O9. The van der Waals surface area contributed by atoms with Gasteiger partial charge in [0, 0.05) is 18.4 Å². The molecule has 3 N–H and O–H groups in total. The number of rotatable bonds is 20. The molecule has 5 atom stereocenters. The Morgan fingerprint density at radius 3 is 2.42 bits per heavy atom. The van der Waals surface area contributed by atoms with Gasteiger partial charge in [-0.1, -0.05) is 54.6 Å². The molecule has 9 heteroatoms. The van der Waals surface area contributed by atoms with Crippen LogP contribution in [0.5, 0.6) is 5.75 Å². The highest BCUT2D eigenvalue weighted by atomic mass is 16.6. The number of aliphatic hydroxyl groups is 3. The van der Waals surface area contributed by atoms with Gasteiger partial charge in [-0.3, -0.25) is 9.59 Å². The highest BCUT2D eigenvalue weighted by Gasteiger charge is 2.40. The van der Waals surface area contributed by atoms with Gasteiger partial charge in [0.05, 0.1) is 31.5 Å². The Balaban J connectivity index is 1.22. The maximum absolute atomic E-state index is 12.0. The van der Waals surface area contributed by atoms with E-state index < -0.39 is 24.3 Å². The molecule has 3 rings (SSSR count). The molecule has 0 unspecified atom stereocenters. The van der Waals surface area contributed by atoms with Gasteiger partial charge in [-0.2, -0.15) is 0 Å². The number of esters is 2. The fourth-order valence-corrected chi connectivity index (χ4v) is 5.68. The fraction of sp³-hybridized carbons (Fsp3) is 0.528. The van der Waals surface area contributed by atoms with E-state index in [-0.39, 0.29) is 44.0 Å². The molecular weight excluding hydrogens is 576 g/mol. The highest BCUT2D eigenvalue weighted by Crippen LogP contribution is 2.38. The van der Waals surface area contributed by atoms with Crippen molar-refractivity contribution in [3.63, 3.8) is 0 Å². The zero-order chi connectivity index (χ0) is 32.4. The quantitative estimate of drug-likeness (QED) is 0.0811. The lowest BCUT2D eigenvalue weighted by molar-refractivity contribution is -0.147. The van der Waals surface area contributed by atoms with Crippen molar-refractivity contribution in [3.05, 3.63) is 77.4 Å². The third-order valence-electron chi connectivity index (χ3n) is 8.30. The van der Waals surface area contributed by atoms with Crippen LogP contribution in [0.4, 0.5) is 0 Å². The van der Waals surface area contributed by atoms with E-state index in [4.69, 9.17) is 14.2 Å². The average Bonchev–Trinajstić information content (AvgIpc) is 3.31. The molecule has 45 heavy (non-hydrogen) atoms. The molecule has 1 fully saturated rings. The maximum atomic E-state index is 12.0. The monoisotopic (exact) mass is 624 g/mol. The number of allylic oxidation sites excluding steroid dienone is 2. The largest absolute Gasteiger partial charge is 0.482 e. The third kappa shape index (κ3) is 13.2. The lowest BCUT2D eigenvalue weighted by Crippen LogP contribution is -2.23. The normalized spacial score (nSPS) is 20.2. The average molecular weight is 625 g/mol. The van der Waals surface area contributed by atoms with Crippen LogP contribution in [-0.4, -0.2) is 71.7 Å². The van der Waals surface area contributed by atoms with Gasteiger partial charge in [0.15, 0.2) is 6.61 Å². The van der Waals surface area contributed by atoms with Gasteiger partial charge in [-0.05, 0) is 87.3 Å². The molecule has 1 aliphatic carbocycles. The molecule has 0 radical (unpaired) electrons. The van der Waals surface area contributed by atoms with Crippen molar-refractivity contribution < 1.29 is 43.9 Å². The van der Waals surface area contributed by atoms with Crippen molar-refractivity contribution in [2.24, 2.45) is 11.8 Å². The summed E-state index contributed by atoms with van der Waals surface area (Å²) in [6.07, 6.45) is 8.84. The van der Waals surface area contributed by atoms with E-state index in [1.807, 2.05) is 37.3 Å². The third-order valence-corrected chi connectivity index (χ3v) is 8.30. The second kappa shape index (κ2) is 19.8. The van der Waals surface area contributed by atoms with E-state index in [0.717, 1.165) is 12.0 Å². The number of hydrogen-bond acceptors (Lipinski definition) is 9. The summed E-state index contributed by atoms with van der Waals surface area (Å²) < 4.78 is 15.8. The van der Waals surface area contributed by atoms with Gasteiger partial charge < -0.3 is 29.5 Å². The van der Waals surface area contributed by atoms with Crippen molar-refractivity contribution in [2.45, 2.75) is 89.4 Å². The smallest absolute Gasteiger partial charge is 0.344 e. The van der Waals surface area contributed by atoms with E-state index >= 15 is 0 Å². The minimum absolute atomic E-state index is 0.0533. The van der Waals surface area contributed by atoms with Crippen LogP contribution in [0, 0.1) is 18.8 Å². The van der Waals surface area contributed by atoms with Crippen molar-refractivity contribution in [1.29, 1.82) is 0 Å². The molecule has 2 aromatic rings. The van der Waals surface area contributed by atoms with Gasteiger partial charge in [0.1, 0.15) is 12.0 Å². The van der Waals surface area contributed by atoms with Crippen LogP contribution in [0.1, 0.15) is 79.3 Å². The topological polar surface area (TPSA) is 140 Å². The summed E-state index contributed by atoms with van der Waals surface area (Å²) in [5.74, 6) is -0.528. The summed E-state index contributed by atoms with van der Waals surface area (Å²) in [5, 5.41) is 31.5. The summed E-state index contributed by atoms with van der Waals surface area (Å²) in [7, 11) is 0. The minimum Gasteiger partial charge on any atom is -0.482 e. The Kier molecular flexibility index (Phi) is 15.8. The van der Waals surface area contributed by atoms with Crippen LogP contribution >= 0.6 is 0 Å². The van der Waals surface area contributed by atoms with Crippen LogP contribution in [0.15, 0.2) is 60.7 Å². The molecule has 0 amide bonds. The zero-order valence-electron chi connectivity index (χ0n) is 26.2. The molecule has 0 aromatic heterocycles. The SMILES string of the molecule is Cc1ccc(C=O)cc1OCC(=O)OCCCOC(=O)CCCC=CC[C@@H]1[C@@H](CC[C@@H](O)CCc2ccccc2)[C@H](O)C[C@@H]1O. The van der Waals surface area contributed by atoms with Gasteiger partial charge in [-0.15, -0.1) is 0 Å². The van der Waals surface area contributed by atoms with Gasteiger partial charge in [0.2, 0.25) is 0 Å². The number of ether oxygens (including phenoxy) is 3. The lowest BCUT2D eigenvalue weighted by atomic mass is 9.85. The predicted molar refractivity (Wildman–Crippen MR) is 170 cm³/mol. The summed E-state index contributed by atoms with van der Waals surface area (Å²) in [6, 6.07) is 15.0. The Labute approximate surface area is 266 Å². The van der Waals surface area contributed by atoms with Crippen molar-refractivity contribution in [1.82, 2.24) is 0 Å². The van der Waals surface area contributed by atoms with Crippen molar-refractivity contribution in [2.75, 3.05) is 19.8 Å². The number of unbranched alkanes of at least 4 members (excludes halogenated alkanes) is 1. The van der Waals surface area contributed by atoms with Gasteiger partial charge in [0.25, 0.3) is 0 Å². The van der Waals surface area contributed by atoms with Gasteiger partial charge in [-0.25, -0.2) is 4.79 Å². The van der Waals surface area contributed by atoms with Crippen molar-refractivity contribution >= 4 is 18.2 Å². The maximum Gasteiger partial charge on any atom is 0.344 e. The Hall–Kier alpha value is -3.53. The number of hydrogen-bond donors (Lipinski definition) is 3. The second-order valence-electron chi connectivity index (χ2n) is 11.8. The summed E-state index contributed by atoms with van der Waals surface area (Å²) in [6.45, 7) is 1.77. The van der Waals surface area contributed by atoms with Crippen LogP contribution in [0.25, 0.3) is 0 Å². The molecule has 1 saturated carbocycles. The molecule has 0 saturated heterocycles. The van der Waals surface area contributed by atoms with Crippen LogP contribution in [-0.2, 0) is 25.5 Å².